The lowest BCUT2D eigenvalue weighted by Gasteiger charge is -2.39. The van der Waals surface area contributed by atoms with Gasteiger partial charge in [0, 0.05) is 18.5 Å². The highest BCUT2D eigenvalue weighted by molar-refractivity contribution is 5.92. The van der Waals surface area contributed by atoms with Crippen molar-refractivity contribution in [2.24, 2.45) is 0 Å². The number of nitrogens with zero attached hydrogens (tertiary/aromatic N) is 2. The smallest absolute Gasteiger partial charge is 0.243 e. The Morgan fingerprint density at radius 1 is 1.08 bits per heavy atom. The number of hydrogen-bond acceptors (Lipinski definition) is 3. The molecular formula is C21H22N2O2. The van der Waals surface area contributed by atoms with Crippen molar-refractivity contribution in [2.45, 2.75) is 25.8 Å². The van der Waals surface area contributed by atoms with Gasteiger partial charge < -0.3 is 4.74 Å². The lowest BCUT2D eigenvalue weighted by Crippen LogP contribution is -2.51. The van der Waals surface area contributed by atoms with Crippen molar-refractivity contribution in [3.63, 3.8) is 0 Å². The van der Waals surface area contributed by atoms with E-state index in [-0.39, 0.29) is 5.91 Å². The maximum atomic E-state index is 12.6. The number of methoxy groups -OCH3 is 1. The molecule has 0 atom stereocenters. The van der Waals surface area contributed by atoms with E-state index >= 15 is 0 Å². The zero-order chi connectivity index (χ0) is 17.6. The van der Waals surface area contributed by atoms with E-state index in [9.17, 15) is 4.79 Å². The first-order chi connectivity index (χ1) is 12.0. The zero-order valence-corrected chi connectivity index (χ0v) is 14.8. The molecule has 0 unspecified atom stereocenters. The second-order valence-electron chi connectivity index (χ2n) is 7.04. The summed E-state index contributed by atoms with van der Waals surface area (Å²) in [4.78, 5) is 12.6. The molecule has 0 bridgehead atoms. The van der Waals surface area contributed by atoms with Gasteiger partial charge in [0.15, 0.2) is 0 Å². The third kappa shape index (κ3) is 2.49. The number of hydrogen-bond donors (Lipinski definition) is 0. The molecule has 2 aromatic carbocycles. The summed E-state index contributed by atoms with van der Waals surface area (Å²) in [6, 6.07) is 16.4. The van der Waals surface area contributed by atoms with Gasteiger partial charge in [0.2, 0.25) is 5.91 Å². The molecular weight excluding hydrogens is 312 g/mol. The average Bonchev–Trinajstić information content (AvgIpc) is 2.98. The van der Waals surface area contributed by atoms with Crippen molar-refractivity contribution in [2.75, 3.05) is 18.7 Å². The Bertz CT molecular complexity index is 855. The Kier molecular flexibility index (Phi) is 3.57. The van der Waals surface area contributed by atoms with Gasteiger partial charge in [-0.1, -0.05) is 30.3 Å². The molecule has 0 radical (unpaired) electrons. The summed E-state index contributed by atoms with van der Waals surface area (Å²) < 4.78 is 5.46. The molecule has 0 aromatic heterocycles. The number of ether oxygens (including phenoxy) is 1. The Balaban J connectivity index is 2.00. The van der Waals surface area contributed by atoms with Crippen LogP contribution in [0.5, 0.6) is 5.75 Å². The molecule has 4 heteroatoms. The molecule has 4 nitrogen and oxygen atoms in total. The van der Waals surface area contributed by atoms with Gasteiger partial charge in [-0.05, 0) is 49.3 Å². The molecule has 4 rings (SSSR count). The first-order valence-corrected chi connectivity index (χ1v) is 8.58. The monoisotopic (exact) mass is 334 g/mol. The number of carbonyl (C=O) groups is 1. The van der Waals surface area contributed by atoms with Gasteiger partial charge in [-0.2, -0.15) is 0 Å². The molecule has 2 aromatic rings. The van der Waals surface area contributed by atoms with Crippen LogP contribution in [0.15, 0.2) is 54.6 Å². The number of hydrazine groups is 1. The highest BCUT2D eigenvalue weighted by Crippen LogP contribution is 2.43. The van der Waals surface area contributed by atoms with Crippen LogP contribution in [-0.4, -0.2) is 30.1 Å². The number of fused-ring (bicyclic) bond motifs is 3. The summed E-state index contributed by atoms with van der Waals surface area (Å²) in [7, 11) is 1.68. The highest BCUT2D eigenvalue weighted by Gasteiger charge is 2.42. The van der Waals surface area contributed by atoms with Crippen LogP contribution in [0.4, 0.5) is 5.69 Å². The highest BCUT2D eigenvalue weighted by atomic mass is 16.5. The van der Waals surface area contributed by atoms with Crippen LogP contribution in [0.25, 0.3) is 5.57 Å². The third-order valence-electron chi connectivity index (χ3n) is 4.92. The molecule has 2 heterocycles. The number of rotatable bonds is 2. The van der Waals surface area contributed by atoms with Crippen LogP contribution in [-0.2, 0) is 4.79 Å². The van der Waals surface area contributed by atoms with Crippen LogP contribution in [0.2, 0.25) is 0 Å². The van der Waals surface area contributed by atoms with E-state index in [2.05, 4.69) is 49.2 Å². The van der Waals surface area contributed by atoms with Gasteiger partial charge >= 0.3 is 0 Å². The first kappa shape index (κ1) is 15.8. The lowest BCUT2D eigenvalue weighted by atomic mass is 9.91. The molecule has 1 fully saturated rings. The topological polar surface area (TPSA) is 32.8 Å². The molecule has 25 heavy (non-hydrogen) atoms. The zero-order valence-electron chi connectivity index (χ0n) is 14.8. The van der Waals surface area contributed by atoms with Gasteiger partial charge in [0.1, 0.15) is 5.75 Å². The predicted octanol–water partition coefficient (Wildman–Crippen LogP) is 3.87. The summed E-state index contributed by atoms with van der Waals surface area (Å²) in [6.07, 6.45) is 2.74. The van der Waals surface area contributed by atoms with Crippen molar-refractivity contribution in [3.8, 4) is 5.75 Å². The number of anilines is 1. The van der Waals surface area contributed by atoms with E-state index in [1.165, 1.54) is 0 Å². The van der Waals surface area contributed by atoms with E-state index in [1.807, 2.05) is 29.3 Å². The lowest BCUT2D eigenvalue weighted by molar-refractivity contribution is -0.131. The molecule has 2 aliphatic heterocycles. The van der Waals surface area contributed by atoms with E-state index in [0.717, 1.165) is 28.1 Å². The average molecular weight is 334 g/mol. The Labute approximate surface area is 148 Å². The van der Waals surface area contributed by atoms with Crippen molar-refractivity contribution in [1.82, 2.24) is 5.01 Å². The van der Waals surface area contributed by atoms with E-state index in [1.54, 1.807) is 7.11 Å². The van der Waals surface area contributed by atoms with Gasteiger partial charge in [-0.25, -0.2) is 5.01 Å². The van der Waals surface area contributed by atoms with Gasteiger partial charge in [-0.3, -0.25) is 9.80 Å². The predicted molar refractivity (Wildman–Crippen MR) is 99.4 cm³/mol. The van der Waals surface area contributed by atoms with Gasteiger partial charge in [0.25, 0.3) is 0 Å². The van der Waals surface area contributed by atoms with E-state index in [0.29, 0.717) is 13.0 Å². The molecule has 0 N–H and O–H groups in total. The molecule has 0 saturated carbocycles. The van der Waals surface area contributed by atoms with Crippen molar-refractivity contribution < 1.29 is 9.53 Å². The minimum atomic E-state index is -0.412. The second kappa shape index (κ2) is 5.66. The fourth-order valence-electron chi connectivity index (χ4n) is 3.83. The van der Waals surface area contributed by atoms with E-state index in [4.69, 9.17) is 4.74 Å². The third-order valence-corrected chi connectivity index (χ3v) is 4.92. The number of amides is 1. The first-order valence-electron chi connectivity index (χ1n) is 8.58. The van der Waals surface area contributed by atoms with Gasteiger partial charge in [-0.15, -0.1) is 0 Å². The van der Waals surface area contributed by atoms with Crippen molar-refractivity contribution >= 4 is 17.2 Å². The molecule has 1 saturated heterocycles. The molecule has 2 aliphatic rings. The summed E-state index contributed by atoms with van der Waals surface area (Å²) in [5.41, 5.74) is 4.00. The van der Waals surface area contributed by atoms with Gasteiger partial charge in [0.05, 0.1) is 18.3 Å². The fourth-order valence-corrected chi connectivity index (χ4v) is 3.83. The standard InChI is InChI=1S/C21H22N2O2/c1-21(2)14-18(15-7-5-4-6-8-15)17-13-16(25-3)9-10-19(17)22-12-11-20(24)23(21)22/h4-10,13-14H,11-12H2,1-3H3. The van der Waals surface area contributed by atoms with Crippen molar-refractivity contribution in [3.05, 3.63) is 65.7 Å². The molecule has 1 amide bonds. The maximum absolute atomic E-state index is 12.6. The van der Waals surface area contributed by atoms with E-state index < -0.39 is 5.54 Å². The molecule has 0 aliphatic carbocycles. The minimum Gasteiger partial charge on any atom is -0.497 e. The van der Waals surface area contributed by atoms with Crippen LogP contribution in [0.3, 0.4) is 0 Å². The fraction of sp³-hybridized carbons (Fsp3) is 0.286. The Morgan fingerprint density at radius 2 is 1.84 bits per heavy atom. The molecule has 0 spiro atoms. The number of carbonyl (C=O) groups excluding carboxylic acids is 1. The Morgan fingerprint density at radius 3 is 2.56 bits per heavy atom. The summed E-state index contributed by atoms with van der Waals surface area (Å²) in [5, 5.41) is 4.01. The molecule has 128 valence electrons. The van der Waals surface area contributed by atoms with Crippen molar-refractivity contribution in [1.29, 1.82) is 0 Å². The number of benzene rings is 2. The second-order valence-corrected chi connectivity index (χ2v) is 7.04. The maximum Gasteiger partial charge on any atom is 0.243 e. The largest absolute Gasteiger partial charge is 0.497 e. The SMILES string of the molecule is COc1ccc2c(c1)C(c1ccccc1)=CC(C)(C)N1C(=O)CCN21. The quantitative estimate of drug-likeness (QED) is 0.836. The normalized spacial score (nSPS) is 18.4. The summed E-state index contributed by atoms with van der Waals surface area (Å²) in [5.74, 6) is 0.981. The minimum absolute atomic E-state index is 0.164. The van der Waals surface area contributed by atoms with Crippen LogP contribution < -0.4 is 9.75 Å². The van der Waals surface area contributed by atoms with Crippen LogP contribution >= 0.6 is 0 Å². The summed E-state index contributed by atoms with van der Waals surface area (Å²) >= 11 is 0. The Hall–Kier alpha value is -2.75. The summed E-state index contributed by atoms with van der Waals surface area (Å²) in [6.45, 7) is 4.89. The van der Waals surface area contributed by atoms with Crippen LogP contribution in [0.1, 0.15) is 31.4 Å². The van der Waals surface area contributed by atoms with Crippen LogP contribution in [0, 0.1) is 0 Å².